The summed E-state index contributed by atoms with van der Waals surface area (Å²) < 4.78 is 40.8. The standard InChI is InChI=1S/C30H32N4O5S2.ClH/c1-3-32(4-2)15-16-33(30-31-24-19-26-27(20-28(24)40-30)39-18-17-38-26)29(35)22-9-11-23(12-10-22)41(36,37)34-14-13-21-7-5-6-8-25(21)34;/h5-12,19-20H,3-4,13-18H2,1-2H3;1H. The number of hydrogen-bond acceptors (Lipinski definition) is 8. The molecule has 1 aromatic heterocycles. The van der Waals surface area contributed by atoms with Gasteiger partial charge in [0.1, 0.15) is 13.2 Å². The summed E-state index contributed by atoms with van der Waals surface area (Å²) in [4.78, 5) is 22.8. The van der Waals surface area contributed by atoms with Gasteiger partial charge in [-0.2, -0.15) is 0 Å². The van der Waals surface area contributed by atoms with E-state index in [4.69, 9.17) is 14.5 Å². The molecule has 1 amide bonds. The number of thiazole rings is 1. The zero-order valence-corrected chi connectivity index (χ0v) is 25.9. The average Bonchev–Trinajstić information content (AvgIpc) is 3.62. The molecule has 3 heterocycles. The lowest BCUT2D eigenvalue weighted by Crippen LogP contribution is -2.39. The quantitative estimate of drug-likeness (QED) is 0.251. The van der Waals surface area contributed by atoms with Crippen molar-refractivity contribution in [1.29, 1.82) is 0 Å². The highest BCUT2D eigenvalue weighted by atomic mass is 35.5. The Balaban J connectivity index is 0.00000353. The third kappa shape index (κ3) is 5.66. The first-order valence-corrected chi connectivity index (χ1v) is 16.1. The predicted molar refractivity (Wildman–Crippen MR) is 168 cm³/mol. The van der Waals surface area contributed by atoms with Gasteiger partial charge in [0.25, 0.3) is 15.9 Å². The molecule has 0 radical (unpaired) electrons. The van der Waals surface area contributed by atoms with E-state index in [1.807, 2.05) is 36.4 Å². The lowest BCUT2D eigenvalue weighted by Gasteiger charge is -2.25. The maximum atomic E-state index is 13.9. The largest absolute Gasteiger partial charge is 0.486 e. The van der Waals surface area contributed by atoms with Crippen molar-refractivity contribution in [1.82, 2.24) is 9.88 Å². The molecule has 0 saturated carbocycles. The molecule has 9 nitrogen and oxygen atoms in total. The fourth-order valence-electron chi connectivity index (χ4n) is 5.24. The van der Waals surface area contributed by atoms with E-state index in [9.17, 15) is 13.2 Å². The van der Waals surface area contributed by atoms with Gasteiger partial charge in [-0.05, 0) is 55.4 Å². The Bertz CT molecular complexity index is 1650. The highest BCUT2D eigenvalue weighted by molar-refractivity contribution is 7.92. The van der Waals surface area contributed by atoms with E-state index >= 15 is 0 Å². The van der Waals surface area contributed by atoms with Crippen LogP contribution >= 0.6 is 23.7 Å². The molecule has 0 fully saturated rings. The molecule has 0 N–H and O–H groups in total. The van der Waals surface area contributed by atoms with Crippen LogP contribution in [0.3, 0.4) is 0 Å². The van der Waals surface area contributed by atoms with Crippen molar-refractivity contribution in [2.75, 3.05) is 55.1 Å². The monoisotopic (exact) mass is 628 g/mol. The Morgan fingerprint density at radius 1 is 0.976 bits per heavy atom. The number of para-hydroxylation sites is 1. The highest BCUT2D eigenvalue weighted by Crippen LogP contribution is 2.39. The maximum Gasteiger partial charge on any atom is 0.264 e. The summed E-state index contributed by atoms with van der Waals surface area (Å²) in [7, 11) is -3.75. The van der Waals surface area contributed by atoms with Gasteiger partial charge in [-0.15, -0.1) is 12.4 Å². The number of aromatic nitrogens is 1. The molecule has 12 heteroatoms. The number of hydrogen-bond donors (Lipinski definition) is 0. The van der Waals surface area contributed by atoms with Gasteiger partial charge < -0.3 is 14.4 Å². The molecule has 6 rings (SSSR count). The van der Waals surface area contributed by atoms with Crippen LogP contribution in [0.1, 0.15) is 29.8 Å². The number of carbonyl (C=O) groups excluding carboxylic acids is 1. The Morgan fingerprint density at radius 3 is 2.38 bits per heavy atom. The second-order valence-electron chi connectivity index (χ2n) is 9.92. The Labute approximate surface area is 256 Å². The second-order valence-corrected chi connectivity index (χ2v) is 12.8. The third-order valence-corrected chi connectivity index (χ3v) is 10.5. The maximum absolute atomic E-state index is 13.9. The van der Waals surface area contributed by atoms with Crippen LogP contribution in [0, 0.1) is 0 Å². The first kappa shape index (κ1) is 30.1. The summed E-state index contributed by atoms with van der Waals surface area (Å²) in [5, 5.41) is 0.574. The molecule has 42 heavy (non-hydrogen) atoms. The number of rotatable bonds is 9. The average molecular weight is 629 g/mol. The van der Waals surface area contributed by atoms with Gasteiger partial charge in [0.15, 0.2) is 16.6 Å². The van der Waals surface area contributed by atoms with Gasteiger partial charge in [-0.3, -0.25) is 14.0 Å². The zero-order chi connectivity index (χ0) is 28.6. The van der Waals surface area contributed by atoms with Gasteiger partial charge in [-0.25, -0.2) is 13.4 Å². The number of ether oxygens (including phenoxy) is 2. The number of carbonyl (C=O) groups is 1. The highest BCUT2D eigenvalue weighted by Gasteiger charge is 2.31. The summed E-state index contributed by atoms with van der Waals surface area (Å²) in [6.07, 6.45) is 0.677. The summed E-state index contributed by atoms with van der Waals surface area (Å²) in [5.74, 6) is 1.10. The first-order valence-electron chi connectivity index (χ1n) is 13.8. The normalized spacial score (nSPS) is 14.1. The van der Waals surface area contributed by atoms with Gasteiger partial charge >= 0.3 is 0 Å². The smallest absolute Gasteiger partial charge is 0.264 e. The molecule has 2 aliphatic rings. The van der Waals surface area contributed by atoms with Crippen LogP contribution in [-0.2, 0) is 16.4 Å². The molecule has 222 valence electrons. The molecular weight excluding hydrogens is 596 g/mol. The fourth-order valence-corrected chi connectivity index (χ4v) is 7.75. The molecule has 0 aliphatic carbocycles. The SMILES string of the molecule is CCN(CC)CCN(C(=O)c1ccc(S(=O)(=O)N2CCc3ccccc32)cc1)c1nc2cc3c(cc2s1)OCCO3.Cl. The zero-order valence-electron chi connectivity index (χ0n) is 23.5. The summed E-state index contributed by atoms with van der Waals surface area (Å²) >= 11 is 1.42. The lowest BCUT2D eigenvalue weighted by atomic mass is 10.2. The van der Waals surface area contributed by atoms with Gasteiger partial charge in [0, 0.05) is 37.3 Å². The van der Waals surface area contributed by atoms with Crippen molar-refractivity contribution in [3.63, 3.8) is 0 Å². The van der Waals surface area contributed by atoms with Gasteiger partial charge in [0.2, 0.25) is 0 Å². The number of nitrogens with zero attached hydrogens (tertiary/aromatic N) is 4. The van der Waals surface area contributed by atoms with Crippen LogP contribution in [0.4, 0.5) is 10.8 Å². The predicted octanol–water partition coefficient (Wildman–Crippen LogP) is 5.23. The van der Waals surface area contributed by atoms with Crippen LogP contribution in [0.15, 0.2) is 65.6 Å². The van der Waals surface area contributed by atoms with E-state index < -0.39 is 10.0 Å². The summed E-state index contributed by atoms with van der Waals surface area (Å²) in [6.45, 7) is 8.42. The Hall–Kier alpha value is -3.38. The number of sulfonamides is 1. The van der Waals surface area contributed by atoms with E-state index in [1.165, 1.54) is 27.8 Å². The van der Waals surface area contributed by atoms with E-state index in [2.05, 4.69) is 18.7 Å². The minimum atomic E-state index is -3.75. The second kappa shape index (κ2) is 12.5. The number of fused-ring (bicyclic) bond motifs is 3. The molecule has 0 saturated heterocycles. The van der Waals surface area contributed by atoms with E-state index in [0.717, 1.165) is 28.9 Å². The molecule has 0 unspecified atom stereocenters. The van der Waals surface area contributed by atoms with Gasteiger partial charge in [0.05, 0.1) is 20.8 Å². The van der Waals surface area contributed by atoms with Crippen molar-refractivity contribution in [3.05, 3.63) is 71.8 Å². The summed E-state index contributed by atoms with van der Waals surface area (Å²) in [6, 6.07) is 17.5. The molecule has 0 spiro atoms. The van der Waals surface area contributed by atoms with E-state index in [-0.39, 0.29) is 23.2 Å². The van der Waals surface area contributed by atoms with Crippen LogP contribution in [-0.4, -0.2) is 70.1 Å². The molecule has 0 bridgehead atoms. The fraction of sp³-hybridized carbons (Fsp3) is 0.333. The molecular formula is C30H33ClN4O5S2. The molecule has 0 atom stereocenters. The lowest BCUT2D eigenvalue weighted by molar-refractivity contribution is 0.0983. The topological polar surface area (TPSA) is 92.3 Å². The van der Waals surface area contributed by atoms with Crippen molar-refractivity contribution in [2.24, 2.45) is 0 Å². The first-order chi connectivity index (χ1) is 19.9. The Kier molecular flexibility index (Phi) is 8.93. The molecule has 2 aliphatic heterocycles. The number of benzene rings is 3. The number of anilines is 2. The van der Waals surface area contributed by atoms with Crippen molar-refractivity contribution < 1.29 is 22.7 Å². The minimum Gasteiger partial charge on any atom is -0.486 e. The minimum absolute atomic E-state index is 0. The van der Waals surface area contributed by atoms with E-state index in [1.54, 1.807) is 17.0 Å². The molecule has 3 aromatic carbocycles. The van der Waals surface area contributed by atoms with Crippen LogP contribution in [0.5, 0.6) is 11.5 Å². The number of halogens is 1. The third-order valence-electron chi connectivity index (χ3n) is 7.59. The van der Waals surface area contributed by atoms with E-state index in [0.29, 0.717) is 67.2 Å². The number of amides is 1. The van der Waals surface area contributed by atoms with Crippen molar-refractivity contribution in [3.8, 4) is 11.5 Å². The molecule has 4 aromatic rings. The van der Waals surface area contributed by atoms with Gasteiger partial charge in [-0.1, -0.05) is 43.4 Å². The van der Waals surface area contributed by atoms with Crippen LogP contribution in [0.25, 0.3) is 10.2 Å². The van der Waals surface area contributed by atoms with Crippen LogP contribution in [0.2, 0.25) is 0 Å². The summed E-state index contributed by atoms with van der Waals surface area (Å²) in [5.41, 5.74) is 2.86. The van der Waals surface area contributed by atoms with Crippen molar-refractivity contribution in [2.45, 2.75) is 25.2 Å². The van der Waals surface area contributed by atoms with Crippen LogP contribution < -0.4 is 18.7 Å². The Morgan fingerprint density at radius 2 is 1.67 bits per heavy atom. The van der Waals surface area contributed by atoms with Crippen molar-refractivity contribution >= 4 is 60.7 Å². The number of likely N-dealkylation sites (N-methyl/N-ethyl adjacent to an activating group) is 1.